The molecular weight excluding hydrogens is 344 g/mol. The molecule has 8 nitrogen and oxygen atoms in total. The molecule has 0 saturated carbocycles. The van der Waals surface area contributed by atoms with Crippen LogP contribution in [0.4, 0.5) is 0 Å². The van der Waals surface area contributed by atoms with E-state index in [0.29, 0.717) is 29.5 Å². The molecule has 1 fully saturated rings. The van der Waals surface area contributed by atoms with Crippen molar-refractivity contribution in [2.24, 2.45) is 0 Å². The quantitative estimate of drug-likeness (QED) is 0.764. The molecule has 1 N–H and O–H groups in total. The van der Waals surface area contributed by atoms with Crippen molar-refractivity contribution in [3.63, 3.8) is 0 Å². The molecule has 1 amide bonds. The number of benzene rings is 1. The molecule has 4 rings (SSSR count). The normalized spacial score (nSPS) is 16.9. The number of methoxy groups -OCH3 is 1. The molecule has 2 aromatic heterocycles. The summed E-state index contributed by atoms with van der Waals surface area (Å²) in [5.41, 5.74) is 1.24. The fourth-order valence-corrected chi connectivity index (χ4v) is 3.31. The number of rotatable bonds is 4. The predicted molar refractivity (Wildman–Crippen MR) is 98.0 cm³/mol. The average Bonchev–Trinajstić information content (AvgIpc) is 3.24. The Morgan fingerprint density at radius 1 is 1.22 bits per heavy atom. The van der Waals surface area contributed by atoms with E-state index in [4.69, 9.17) is 4.74 Å². The Kier molecular flexibility index (Phi) is 4.78. The van der Waals surface area contributed by atoms with Gasteiger partial charge in [-0.05, 0) is 43.5 Å². The van der Waals surface area contributed by atoms with Crippen LogP contribution >= 0.6 is 0 Å². The topological polar surface area (TPSA) is 96.9 Å². The van der Waals surface area contributed by atoms with Crippen molar-refractivity contribution >= 4 is 5.91 Å². The highest BCUT2D eigenvalue weighted by Gasteiger charge is 2.31. The van der Waals surface area contributed by atoms with Gasteiger partial charge in [-0.1, -0.05) is 0 Å². The number of aromatic nitrogens is 5. The Labute approximate surface area is 156 Å². The van der Waals surface area contributed by atoms with Gasteiger partial charge in [-0.3, -0.25) is 14.9 Å². The van der Waals surface area contributed by atoms with E-state index in [2.05, 4.69) is 25.1 Å². The van der Waals surface area contributed by atoms with Crippen molar-refractivity contribution < 1.29 is 9.53 Å². The number of ether oxygens (including phenoxy) is 1. The van der Waals surface area contributed by atoms with E-state index in [0.717, 1.165) is 25.0 Å². The third-order valence-electron chi connectivity index (χ3n) is 4.71. The van der Waals surface area contributed by atoms with Gasteiger partial charge in [0.2, 0.25) is 5.82 Å². The Morgan fingerprint density at radius 2 is 2.07 bits per heavy atom. The number of piperidine rings is 1. The summed E-state index contributed by atoms with van der Waals surface area (Å²) in [4.78, 5) is 27.8. The Balaban J connectivity index is 1.59. The van der Waals surface area contributed by atoms with Crippen LogP contribution in [-0.2, 0) is 0 Å². The lowest BCUT2D eigenvalue weighted by atomic mass is 10.00. The van der Waals surface area contributed by atoms with Gasteiger partial charge in [0.1, 0.15) is 17.3 Å². The van der Waals surface area contributed by atoms with Crippen LogP contribution in [0.2, 0.25) is 0 Å². The van der Waals surface area contributed by atoms with E-state index < -0.39 is 0 Å². The van der Waals surface area contributed by atoms with Gasteiger partial charge in [0.25, 0.3) is 5.91 Å². The number of nitrogens with one attached hydrogen (secondary N) is 1. The van der Waals surface area contributed by atoms with E-state index in [1.165, 1.54) is 0 Å². The maximum Gasteiger partial charge on any atom is 0.254 e. The van der Waals surface area contributed by atoms with Gasteiger partial charge < -0.3 is 9.64 Å². The van der Waals surface area contributed by atoms with E-state index in [-0.39, 0.29) is 11.9 Å². The van der Waals surface area contributed by atoms with Crippen LogP contribution in [0.5, 0.6) is 5.75 Å². The molecule has 1 saturated heterocycles. The van der Waals surface area contributed by atoms with Gasteiger partial charge in [-0.15, -0.1) is 0 Å². The summed E-state index contributed by atoms with van der Waals surface area (Å²) in [7, 11) is 1.61. The van der Waals surface area contributed by atoms with Crippen molar-refractivity contribution in [1.29, 1.82) is 0 Å². The first-order valence-electron chi connectivity index (χ1n) is 8.90. The molecule has 0 bridgehead atoms. The number of nitrogens with zero attached hydrogens (tertiary/aromatic N) is 5. The second kappa shape index (κ2) is 7.53. The van der Waals surface area contributed by atoms with Gasteiger partial charge in [0.05, 0.1) is 19.3 Å². The van der Waals surface area contributed by atoms with E-state index >= 15 is 0 Å². The minimum absolute atomic E-state index is 0.0141. The number of aromatic amines is 1. The predicted octanol–water partition coefficient (Wildman–Crippen LogP) is 2.64. The van der Waals surface area contributed by atoms with Crippen molar-refractivity contribution in [2.75, 3.05) is 13.7 Å². The molecule has 1 unspecified atom stereocenters. The number of hydrogen-bond acceptors (Lipinski definition) is 6. The minimum Gasteiger partial charge on any atom is -0.497 e. The zero-order valence-electron chi connectivity index (χ0n) is 15.0. The van der Waals surface area contributed by atoms with Crippen molar-refractivity contribution in [3.05, 3.63) is 54.2 Å². The lowest BCUT2D eigenvalue weighted by molar-refractivity contribution is 0.0600. The molecule has 1 aliphatic rings. The molecule has 3 heterocycles. The summed E-state index contributed by atoms with van der Waals surface area (Å²) < 4.78 is 5.17. The van der Waals surface area contributed by atoms with Gasteiger partial charge in [-0.25, -0.2) is 9.97 Å². The van der Waals surface area contributed by atoms with Crippen LogP contribution in [0, 0.1) is 0 Å². The van der Waals surface area contributed by atoms with Crippen molar-refractivity contribution in [3.8, 4) is 17.3 Å². The Hall–Kier alpha value is -3.29. The van der Waals surface area contributed by atoms with Crippen LogP contribution in [0.25, 0.3) is 11.5 Å². The minimum atomic E-state index is -0.133. The van der Waals surface area contributed by atoms with Crippen LogP contribution < -0.4 is 4.74 Å². The molecule has 8 heteroatoms. The third kappa shape index (κ3) is 3.51. The molecule has 0 radical (unpaired) electrons. The Morgan fingerprint density at radius 3 is 2.81 bits per heavy atom. The molecule has 1 aliphatic heterocycles. The van der Waals surface area contributed by atoms with Gasteiger partial charge in [0, 0.05) is 24.5 Å². The first-order valence-corrected chi connectivity index (χ1v) is 8.90. The highest BCUT2D eigenvalue weighted by molar-refractivity contribution is 5.94. The van der Waals surface area contributed by atoms with E-state index in [9.17, 15) is 4.79 Å². The molecular formula is C19H20N6O2. The average molecular weight is 364 g/mol. The molecule has 3 aromatic rings. The summed E-state index contributed by atoms with van der Waals surface area (Å²) in [6.45, 7) is 0.691. The third-order valence-corrected chi connectivity index (χ3v) is 4.71. The number of carbonyl (C=O) groups is 1. The number of H-pyrrole nitrogens is 1. The fraction of sp³-hybridized carbons (Fsp3) is 0.316. The number of hydrogen-bond donors (Lipinski definition) is 1. The van der Waals surface area contributed by atoms with Gasteiger partial charge in [-0.2, -0.15) is 5.10 Å². The first kappa shape index (κ1) is 17.1. The second-order valence-electron chi connectivity index (χ2n) is 6.37. The summed E-state index contributed by atoms with van der Waals surface area (Å²) in [5, 5.41) is 7.24. The summed E-state index contributed by atoms with van der Waals surface area (Å²) in [5.74, 6) is 1.88. The summed E-state index contributed by atoms with van der Waals surface area (Å²) in [6, 6.07) is 7.04. The first-order chi connectivity index (χ1) is 13.3. The highest BCUT2D eigenvalue weighted by Crippen LogP contribution is 2.31. The number of amides is 1. The molecule has 0 spiro atoms. The second-order valence-corrected chi connectivity index (χ2v) is 6.37. The van der Waals surface area contributed by atoms with Crippen molar-refractivity contribution in [2.45, 2.75) is 25.3 Å². The lowest BCUT2D eigenvalue weighted by Gasteiger charge is -2.34. The van der Waals surface area contributed by atoms with Crippen LogP contribution in [0.15, 0.2) is 42.9 Å². The smallest absolute Gasteiger partial charge is 0.254 e. The van der Waals surface area contributed by atoms with E-state index in [1.807, 2.05) is 4.90 Å². The number of carbonyl (C=O) groups excluding carboxylic acids is 1. The van der Waals surface area contributed by atoms with Crippen LogP contribution in [0.1, 0.15) is 41.5 Å². The fourth-order valence-electron chi connectivity index (χ4n) is 3.31. The maximum absolute atomic E-state index is 13.1. The zero-order chi connectivity index (χ0) is 18.6. The zero-order valence-corrected chi connectivity index (χ0v) is 15.0. The van der Waals surface area contributed by atoms with Gasteiger partial charge in [0.15, 0.2) is 0 Å². The molecule has 138 valence electrons. The summed E-state index contributed by atoms with van der Waals surface area (Å²) in [6.07, 6.45) is 7.69. The number of likely N-dealkylation sites (tertiary alicyclic amines) is 1. The Bertz CT molecular complexity index is 909. The largest absolute Gasteiger partial charge is 0.497 e. The standard InChI is InChI=1S/C19H20N6O2/c1-27-14-7-5-13(6-8-14)19(26)25-11-3-2-4-16(25)18-22-17(23-24-18)15-12-20-9-10-21-15/h5-10,12,16H,2-4,11H2,1H3,(H,22,23,24). The summed E-state index contributed by atoms with van der Waals surface area (Å²) >= 11 is 0. The molecule has 0 aliphatic carbocycles. The van der Waals surface area contributed by atoms with Gasteiger partial charge >= 0.3 is 0 Å². The van der Waals surface area contributed by atoms with Crippen LogP contribution in [-0.4, -0.2) is 49.6 Å². The maximum atomic E-state index is 13.1. The molecule has 1 aromatic carbocycles. The highest BCUT2D eigenvalue weighted by atomic mass is 16.5. The SMILES string of the molecule is COc1ccc(C(=O)N2CCCCC2c2nc(-c3cnccn3)n[nH]2)cc1. The molecule has 27 heavy (non-hydrogen) atoms. The molecule has 1 atom stereocenters. The van der Waals surface area contributed by atoms with E-state index in [1.54, 1.807) is 50.0 Å². The lowest BCUT2D eigenvalue weighted by Crippen LogP contribution is -2.39. The monoisotopic (exact) mass is 364 g/mol. The van der Waals surface area contributed by atoms with Crippen LogP contribution in [0.3, 0.4) is 0 Å². The van der Waals surface area contributed by atoms with Crippen molar-refractivity contribution in [1.82, 2.24) is 30.0 Å².